The van der Waals surface area contributed by atoms with Crippen molar-refractivity contribution in [2.45, 2.75) is 76.8 Å². The molecule has 3 aromatic rings. The standard InChI is InChI=1S/C25H35N5OSSi/c1-16(2)33(17(3)4,18(5)6)13-11-21-19(7)24(31)30(15-20-10-12-27-29(20)8)23-22(21)14-26-25(28-23)32-9/h10,12,14,16-18H,15H2,1-9H3. The summed E-state index contributed by atoms with van der Waals surface area (Å²) < 4.78 is 3.51. The molecule has 0 bridgehead atoms. The molecule has 8 heteroatoms. The predicted molar refractivity (Wildman–Crippen MR) is 141 cm³/mol. The molecular weight excluding hydrogens is 446 g/mol. The van der Waals surface area contributed by atoms with Crippen LogP contribution in [0, 0.1) is 18.4 Å². The number of thioether (sulfide) groups is 1. The van der Waals surface area contributed by atoms with Crippen LogP contribution in [0.3, 0.4) is 0 Å². The number of fused-ring (bicyclic) bond motifs is 1. The van der Waals surface area contributed by atoms with E-state index in [0.29, 0.717) is 39.5 Å². The van der Waals surface area contributed by atoms with Gasteiger partial charge in [0.25, 0.3) is 5.56 Å². The number of rotatable bonds is 6. The number of aryl methyl sites for hydroxylation is 1. The summed E-state index contributed by atoms with van der Waals surface area (Å²) in [5.41, 5.74) is 8.24. The van der Waals surface area contributed by atoms with Gasteiger partial charge in [0.15, 0.2) is 5.16 Å². The Hall–Kier alpha value is -2.37. The number of aromatic nitrogens is 5. The third-order valence-electron chi connectivity index (χ3n) is 6.91. The minimum absolute atomic E-state index is 0.0651. The van der Waals surface area contributed by atoms with Crippen LogP contribution in [0.4, 0.5) is 0 Å². The van der Waals surface area contributed by atoms with Crippen LogP contribution in [0.1, 0.15) is 58.4 Å². The predicted octanol–water partition coefficient (Wildman–Crippen LogP) is 5.17. The molecule has 176 valence electrons. The van der Waals surface area contributed by atoms with E-state index in [2.05, 4.69) is 63.1 Å². The van der Waals surface area contributed by atoms with Gasteiger partial charge in [0, 0.05) is 30.6 Å². The minimum Gasteiger partial charge on any atom is -0.286 e. The maximum absolute atomic E-state index is 13.6. The van der Waals surface area contributed by atoms with E-state index in [1.165, 1.54) is 11.8 Å². The molecule has 33 heavy (non-hydrogen) atoms. The summed E-state index contributed by atoms with van der Waals surface area (Å²) in [6.07, 6.45) is 5.51. The van der Waals surface area contributed by atoms with Gasteiger partial charge in [-0.05, 0) is 35.9 Å². The highest BCUT2D eigenvalue weighted by Gasteiger charge is 2.41. The lowest BCUT2D eigenvalue weighted by Crippen LogP contribution is -2.43. The molecule has 6 nitrogen and oxygen atoms in total. The second-order valence-corrected chi connectivity index (χ2v) is 15.9. The van der Waals surface area contributed by atoms with Gasteiger partial charge in [0.05, 0.1) is 17.6 Å². The van der Waals surface area contributed by atoms with Crippen LogP contribution in [0.15, 0.2) is 28.4 Å². The first-order valence-electron chi connectivity index (χ1n) is 11.5. The Morgan fingerprint density at radius 2 is 1.76 bits per heavy atom. The van der Waals surface area contributed by atoms with Gasteiger partial charge in [0.1, 0.15) is 13.7 Å². The highest BCUT2D eigenvalue weighted by atomic mass is 32.2. The fraction of sp³-hybridized carbons (Fsp3) is 0.520. The van der Waals surface area contributed by atoms with Gasteiger partial charge >= 0.3 is 0 Å². The second-order valence-electron chi connectivity index (χ2n) is 9.58. The molecule has 0 amide bonds. The van der Waals surface area contributed by atoms with E-state index in [0.717, 1.165) is 16.6 Å². The van der Waals surface area contributed by atoms with Crippen molar-refractivity contribution in [3.8, 4) is 11.5 Å². The molecule has 0 N–H and O–H groups in total. The van der Waals surface area contributed by atoms with Gasteiger partial charge in [-0.1, -0.05) is 59.2 Å². The molecule has 3 rings (SSSR count). The second kappa shape index (κ2) is 9.86. The Labute approximate surface area is 202 Å². The Bertz CT molecular complexity index is 1260. The first-order valence-corrected chi connectivity index (χ1v) is 14.9. The number of pyridine rings is 1. The van der Waals surface area contributed by atoms with Crippen molar-refractivity contribution < 1.29 is 0 Å². The molecular formula is C25H35N5OSSi. The van der Waals surface area contributed by atoms with Crippen molar-refractivity contribution in [2.24, 2.45) is 7.05 Å². The van der Waals surface area contributed by atoms with Crippen LogP contribution in [0.2, 0.25) is 16.6 Å². The van der Waals surface area contributed by atoms with E-state index in [1.807, 2.05) is 32.5 Å². The molecule has 0 aliphatic rings. The largest absolute Gasteiger partial charge is 0.286 e. The molecule has 0 saturated carbocycles. The number of nitrogens with zero attached hydrogens (tertiary/aromatic N) is 5. The van der Waals surface area contributed by atoms with Crippen molar-refractivity contribution in [2.75, 3.05) is 6.26 Å². The Morgan fingerprint density at radius 3 is 2.27 bits per heavy atom. The molecule has 0 spiro atoms. The summed E-state index contributed by atoms with van der Waals surface area (Å²) in [6, 6.07) is 1.92. The van der Waals surface area contributed by atoms with Crippen LogP contribution in [0.25, 0.3) is 11.0 Å². The van der Waals surface area contributed by atoms with E-state index in [9.17, 15) is 4.79 Å². The molecule has 3 heterocycles. The first-order chi connectivity index (χ1) is 15.5. The van der Waals surface area contributed by atoms with E-state index in [4.69, 9.17) is 4.98 Å². The molecule has 0 aliphatic heterocycles. The van der Waals surface area contributed by atoms with Crippen LogP contribution < -0.4 is 5.56 Å². The van der Waals surface area contributed by atoms with Gasteiger partial charge < -0.3 is 0 Å². The number of hydrogen-bond acceptors (Lipinski definition) is 5. The SMILES string of the molecule is CSc1ncc2c(C#C[Si](C(C)C)(C(C)C)C(C)C)c(C)c(=O)n(Cc3ccnn3C)c2n1. The summed E-state index contributed by atoms with van der Waals surface area (Å²) in [4.78, 5) is 22.8. The molecule has 0 radical (unpaired) electrons. The summed E-state index contributed by atoms with van der Waals surface area (Å²) in [6.45, 7) is 16.1. The summed E-state index contributed by atoms with van der Waals surface area (Å²) in [5, 5.41) is 5.72. The van der Waals surface area contributed by atoms with Gasteiger partial charge in [-0.25, -0.2) is 9.97 Å². The van der Waals surface area contributed by atoms with Crippen molar-refractivity contribution in [3.05, 3.63) is 45.6 Å². The zero-order valence-electron chi connectivity index (χ0n) is 21.2. The van der Waals surface area contributed by atoms with Crippen LogP contribution >= 0.6 is 11.8 Å². The zero-order valence-corrected chi connectivity index (χ0v) is 23.0. The lowest BCUT2D eigenvalue weighted by Gasteiger charge is -2.38. The first kappa shape index (κ1) is 25.3. The fourth-order valence-corrected chi connectivity index (χ4v) is 10.6. The van der Waals surface area contributed by atoms with Crippen LogP contribution in [-0.4, -0.2) is 38.6 Å². The minimum atomic E-state index is -1.96. The Balaban J connectivity index is 2.33. The van der Waals surface area contributed by atoms with Crippen molar-refractivity contribution >= 4 is 30.9 Å². The van der Waals surface area contributed by atoms with Crippen molar-refractivity contribution in [3.63, 3.8) is 0 Å². The number of hydrogen-bond donors (Lipinski definition) is 0. The third-order valence-corrected chi connectivity index (χ3v) is 13.8. The van der Waals surface area contributed by atoms with E-state index in [-0.39, 0.29) is 5.56 Å². The van der Waals surface area contributed by atoms with Crippen LogP contribution in [-0.2, 0) is 13.6 Å². The molecule has 0 atom stereocenters. The van der Waals surface area contributed by atoms with Crippen molar-refractivity contribution in [1.29, 1.82) is 0 Å². The topological polar surface area (TPSA) is 65.6 Å². The molecule has 0 saturated heterocycles. The normalized spacial score (nSPS) is 12.1. The molecule has 3 aromatic heterocycles. The van der Waals surface area contributed by atoms with Crippen LogP contribution in [0.5, 0.6) is 0 Å². The van der Waals surface area contributed by atoms with E-state index in [1.54, 1.807) is 15.4 Å². The molecule has 0 fully saturated rings. The monoisotopic (exact) mass is 481 g/mol. The molecule has 0 aromatic carbocycles. The van der Waals surface area contributed by atoms with Crippen molar-refractivity contribution in [1.82, 2.24) is 24.3 Å². The maximum Gasteiger partial charge on any atom is 0.256 e. The summed E-state index contributed by atoms with van der Waals surface area (Å²) in [5.74, 6) is 3.51. The summed E-state index contributed by atoms with van der Waals surface area (Å²) in [7, 11) is -0.0748. The lowest BCUT2D eigenvalue weighted by molar-refractivity contribution is 0.659. The smallest absolute Gasteiger partial charge is 0.256 e. The average Bonchev–Trinajstić information content (AvgIpc) is 3.17. The zero-order chi connectivity index (χ0) is 24.5. The van der Waals surface area contributed by atoms with Gasteiger partial charge in [0.2, 0.25) is 0 Å². The third kappa shape index (κ3) is 4.53. The highest BCUT2D eigenvalue weighted by molar-refractivity contribution is 7.98. The lowest BCUT2D eigenvalue weighted by atomic mass is 10.1. The molecule has 0 aliphatic carbocycles. The fourth-order valence-electron chi connectivity index (χ4n) is 5.08. The Morgan fingerprint density at radius 1 is 1.12 bits per heavy atom. The Kier molecular flexibility index (Phi) is 7.54. The van der Waals surface area contributed by atoms with E-state index < -0.39 is 8.07 Å². The van der Waals surface area contributed by atoms with Gasteiger partial charge in [-0.2, -0.15) is 5.10 Å². The average molecular weight is 482 g/mol. The quantitative estimate of drug-likeness (QED) is 0.210. The van der Waals surface area contributed by atoms with E-state index >= 15 is 0 Å². The summed E-state index contributed by atoms with van der Waals surface area (Å²) >= 11 is 1.46. The van der Waals surface area contributed by atoms with Gasteiger partial charge in [-0.15, -0.1) is 5.54 Å². The molecule has 0 unspecified atom stereocenters. The van der Waals surface area contributed by atoms with Gasteiger partial charge in [-0.3, -0.25) is 14.0 Å². The maximum atomic E-state index is 13.6. The highest BCUT2D eigenvalue weighted by Crippen LogP contribution is 2.41.